The summed E-state index contributed by atoms with van der Waals surface area (Å²) in [5, 5.41) is 0. The lowest BCUT2D eigenvalue weighted by molar-refractivity contribution is 0.289. The van der Waals surface area contributed by atoms with Gasteiger partial charge in [-0.25, -0.2) is 0 Å². The molecular weight excluding hydrogens is 288 g/mol. The van der Waals surface area contributed by atoms with Gasteiger partial charge in [-0.1, -0.05) is 76.0 Å². The number of rotatable bonds is 7. The van der Waals surface area contributed by atoms with Crippen LogP contribution in [0.3, 0.4) is 0 Å². The number of allylic oxidation sites excluding steroid dienone is 2. The molecule has 0 N–H and O–H groups in total. The Balaban J connectivity index is 1.71. The Morgan fingerprint density at radius 3 is 2.38 bits per heavy atom. The molecular formula is C24H34. The van der Waals surface area contributed by atoms with Crippen molar-refractivity contribution in [3.63, 3.8) is 0 Å². The van der Waals surface area contributed by atoms with Crippen molar-refractivity contribution in [1.82, 2.24) is 0 Å². The summed E-state index contributed by atoms with van der Waals surface area (Å²) in [5.74, 6) is 8.24. The van der Waals surface area contributed by atoms with Gasteiger partial charge in [-0.15, -0.1) is 0 Å². The monoisotopic (exact) mass is 322 g/mol. The Morgan fingerprint density at radius 1 is 0.958 bits per heavy atom. The molecule has 0 spiro atoms. The van der Waals surface area contributed by atoms with Crippen molar-refractivity contribution in [2.24, 2.45) is 11.8 Å². The van der Waals surface area contributed by atoms with Gasteiger partial charge in [-0.2, -0.15) is 0 Å². The zero-order chi connectivity index (χ0) is 17.0. The van der Waals surface area contributed by atoms with Crippen LogP contribution in [0.2, 0.25) is 0 Å². The summed E-state index contributed by atoms with van der Waals surface area (Å²) in [6, 6.07) is 8.70. The lowest BCUT2D eigenvalue weighted by Crippen LogP contribution is -2.12. The van der Waals surface area contributed by atoms with E-state index in [-0.39, 0.29) is 0 Å². The van der Waals surface area contributed by atoms with Crippen molar-refractivity contribution < 1.29 is 0 Å². The van der Waals surface area contributed by atoms with Gasteiger partial charge >= 0.3 is 0 Å². The molecule has 0 nitrogen and oxygen atoms in total. The minimum atomic E-state index is 0.758. The molecule has 0 saturated heterocycles. The highest BCUT2D eigenvalue weighted by Crippen LogP contribution is 2.32. The minimum Gasteiger partial charge on any atom is -0.0730 e. The van der Waals surface area contributed by atoms with Crippen molar-refractivity contribution in [2.75, 3.05) is 0 Å². The first-order chi connectivity index (χ1) is 11.8. The molecule has 0 unspecified atom stereocenters. The summed E-state index contributed by atoms with van der Waals surface area (Å²) in [4.78, 5) is 0. The lowest BCUT2D eigenvalue weighted by Gasteiger charge is -2.26. The van der Waals surface area contributed by atoms with Gasteiger partial charge in [0.05, 0.1) is 0 Å². The predicted molar refractivity (Wildman–Crippen MR) is 106 cm³/mol. The number of unbranched alkanes of at least 4 members (excludes halogenated alkanes) is 2. The summed E-state index contributed by atoms with van der Waals surface area (Å²) in [6.07, 6.45) is 18.0. The van der Waals surface area contributed by atoms with Gasteiger partial charge in [0.25, 0.3) is 0 Å². The fourth-order valence-electron chi connectivity index (χ4n) is 3.70. The number of hydrogen-bond acceptors (Lipinski definition) is 0. The van der Waals surface area contributed by atoms with Gasteiger partial charge in [0, 0.05) is 5.56 Å². The molecule has 1 aromatic carbocycles. The van der Waals surface area contributed by atoms with Crippen molar-refractivity contribution in [3.05, 3.63) is 47.5 Å². The third kappa shape index (κ3) is 6.96. The molecule has 1 aromatic rings. The van der Waals surface area contributed by atoms with Gasteiger partial charge in [0.2, 0.25) is 0 Å². The molecule has 2 rings (SSSR count). The van der Waals surface area contributed by atoms with Gasteiger partial charge in [-0.05, 0) is 67.7 Å². The smallest absolute Gasteiger partial charge is 0.0249 e. The van der Waals surface area contributed by atoms with Crippen LogP contribution < -0.4 is 0 Å². The fourth-order valence-corrected chi connectivity index (χ4v) is 3.70. The predicted octanol–water partition coefficient (Wildman–Crippen LogP) is 6.93. The Bertz CT molecular complexity index is 530. The molecule has 1 fully saturated rings. The van der Waals surface area contributed by atoms with Gasteiger partial charge in [-0.3, -0.25) is 0 Å². The summed E-state index contributed by atoms with van der Waals surface area (Å²) >= 11 is 0. The van der Waals surface area contributed by atoms with Crippen molar-refractivity contribution >= 4 is 0 Å². The molecule has 0 atom stereocenters. The van der Waals surface area contributed by atoms with E-state index in [1.165, 1.54) is 63.4 Å². The quantitative estimate of drug-likeness (QED) is 0.377. The molecule has 0 heteroatoms. The summed E-state index contributed by atoms with van der Waals surface area (Å²) in [7, 11) is 0. The number of aryl methyl sites for hydroxylation is 1. The summed E-state index contributed by atoms with van der Waals surface area (Å²) in [6.45, 7) is 4.51. The average Bonchev–Trinajstić information content (AvgIpc) is 2.62. The normalized spacial score (nSPS) is 20.8. The van der Waals surface area contributed by atoms with Crippen LogP contribution in [0.25, 0.3) is 0 Å². The van der Waals surface area contributed by atoms with Crippen LogP contribution in [-0.4, -0.2) is 0 Å². The van der Waals surface area contributed by atoms with Gasteiger partial charge in [0.1, 0.15) is 0 Å². The molecule has 24 heavy (non-hydrogen) atoms. The molecule has 130 valence electrons. The maximum atomic E-state index is 3.26. The van der Waals surface area contributed by atoms with E-state index in [1.807, 2.05) is 0 Å². The Labute approximate surface area is 149 Å². The molecule has 0 aliphatic heterocycles. The number of benzene rings is 1. The maximum Gasteiger partial charge on any atom is 0.0249 e. The zero-order valence-electron chi connectivity index (χ0n) is 15.7. The van der Waals surface area contributed by atoms with Crippen LogP contribution in [0, 0.1) is 23.7 Å². The van der Waals surface area contributed by atoms with Crippen LogP contribution in [0.5, 0.6) is 0 Å². The Kier molecular flexibility index (Phi) is 8.75. The first-order valence-electron chi connectivity index (χ1n) is 10.1. The first kappa shape index (κ1) is 18.9. The Hall–Kier alpha value is -1.48. The van der Waals surface area contributed by atoms with E-state index in [2.05, 4.69) is 62.1 Å². The van der Waals surface area contributed by atoms with E-state index in [1.54, 1.807) is 0 Å². The minimum absolute atomic E-state index is 0.758. The van der Waals surface area contributed by atoms with Gasteiger partial charge < -0.3 is 0 Å². The van der Waals surface area contributed by atoms with Crippen LogP contribution in [0.4, 0.5) is 0 Å². The Morgan fingerprint density at radius 2 is 1.71 bits per heavy atom. The summed E-state index contributed by atoms with van der Waals surface area (Å²) < 4.78 is 0. The van der Waals surface area contributed by atoms with E-state index < -0.39 is 0 Å². The van der Waals surface area contributed by atoms with E-state index in [9.17, 15) is 0 Å². The molecule has 0 radical (unpaired) electrons. The van der Waals surface area contributed by atoms with E-state index >= 15 is 0 Å². The van der Waals surface area contributed by atoms with Crippen LogP contribution in [0.15, 0.2) is 36.4 Å². The fraction of sp³-hybridized carbons (Fsp3) is 0.583. The highest BCUT2D eigenvalue weighted by molar-refractivity contribution is 5.38. The first-order valence-corrected chi connectivity index (χ1v) is 10.1. The average molecular weight is 323 g/mol. The van der Waals surface area contributed by atoms with Crippen molar-refractivity contribution in [1.29, 1.82) is 0 Å². The van der Waals surface area contributed by atoms with Crippen LogP contribution in [-0.2, 0) is 6.42 Å². The second-order valence-electron chi connectivity index (χ2n) is 7.35. The second-order valence-corrected chi connectivity index (χ2v) is 7.35. The molecule has 0 amide bonds. The lowest BCUT2D eigenvalue weighted by atomic mass is 9.79. The second kappa shape index (κ2) is 11.1. The third-order valence-electron chi connectivity index (χ3n) is 5.27. The SMILES string of the molecule is CCCCCC1CCC(/C=C/C#Cc2ccc(CCC)cc2)CC1. The molecule has 1 saturated carbocycles. The maximum absolute atomic E-state index is 3.26. The van der Waals surface area contributed by atoms with Crippen LogP contribution in [0.1, 0.15) is 82.8 Å². The molecule has 1 aliphatic carbocycles. The molecule has 0 bridgehead atoms. The van der Waals surface area contributed by atoms with E-state index in [0.717, 1.165) is 23.8 Å². The highest BCUT2D eigenvalue weighted by atomic mass is 14.2. The largest absolute Gasteiger partial charge is 0.0730 e. The highest BCUT2D eigenvalue weighted by Gasteiger charge is 2.18. The summed E-state index contributed by atoms with van der Waals surface area (Å²) in [5.41, 5.74) is 2.54. The van der Waals surface area contributed by atoms with E-state index in [0.29, 0.717) is 0 Å². The van der Waals surface area contributed by atoms with Crippen molar-refractivity contribution in [2.45, 2.75) is 78.1 Å². The van der Waals surface area contributed by atoms with Crippen LogP contribution >= 0.6 is 0 Å². The topological polar surface area (TPSA) is 0 Å². The molecule has 0 aromatic heterocycles. The number of hydrogen-bond donors (Lipinski definition) is 0. The van der Waals surface area contributed by atoms with Gasteiger partial charge in [0.15, 0.2) is 0 Å². The third-order valence-corrected chi connectivity index (χ3v) is 5.27. The molecule has 1 aliphatic rings. The van der Waals surface area contributed by atoms with Crippen molar-refractivity contribution in [3.8, 4) is 11.8 Å². The zero-order valence-corrected chi connectivity index (χ0v) is 15.7. The standard InChI is InChI=1S/C24H34/c1-3-5-6-10-22-17-19-24(20-18-22)12-8-7-11-23-15-13-21(9-4-2)14-16-23/h8,12-16,22,24H,3-6,9-10,17-20H2,1-2H3/b12-8+. The van der Waals surface area contributed by atoms with E-state index in [4.69, 9.17) is 0 Å². The molecule has 0 heterocycles.